The van der Waals surface area contributed by atoms with E-state index in [4.69, 9.17) is 22.1 Å². The van der Waals surface area contributed by atoms with Crippen molar-refractivity contribution in [2.75, 3.05) is 0 Å². The van der Waals surface area contributed by atoms with Gasteiger partial charge >= 0.3 is 0 Å². The van der Waals surface area contributed by atoms with Crippen LogP contribution in [0.2, 0.25) is 5.02 Å². The summed E-state index contributed by atoms with van der Waals surface area (Å²) < 4.78 is 7.77. The molecule has 6 heteroatoms. The van der Waals surface area contributed by atoms with E-state index in [1.807, 2.05) is 18.2 Å². The van der Waals surface area contributed by atoms with Crippen LogP contribution in [0.15, 0.2) is 42.5 Å². The molecule has 0 radical (unpaired) electrons. The third kappa shape index (κ3) is 3.87. The number of ether oxygens (including phenoxy) is 1. The van der Waals surface area contributed by atoms with Crippen molar-refractivity contribution in [1.29, 1.82) is 0 Å². The Hall–Kier alpha value is -2.68. The van der Waals surface area contributed by atoms with Gasteiger partial charge in [-0.25, -0.2) is 4.68 Å². The number of nitrogens with two attached hydrogens (primary N) is 1. The van der Waals surface area contributed by atoms with Gasteiger partial charge in [0.15, 0.2) is 0 Å². The Morgan fingerprint density at radius 2 is 1.89 bits per heavy atom. The molecule has 0 aliphatic heterocycles. The first-order valence-electron chi connectivity index (χ1n) is 9.00. The molecule has 0 spiro atoms. The Kier molecular flexibility index (Phi) is 4.93. The maximum Gasteiger partial charge on any atom is 0.234 e. The van der Waals surface area contributed by atoms with Crippen molar-refractivity contribution in [3.63, 3.8) is 0 Å². The van der Waals surface area contributed by atoms with E-state index in [-0.39, 0.29) is 17.9 Å². The molecule has 27 heavy (non-hydrogen) atoms. The zero-order valence-electron chi connectivity index (χ0n) is 14.7. The topological polar surface area (TPSA) is 73.3 Å². The zero-order chi connectivity index (χ0) is 18.8. The summed E-state index contributed by atoms with van der Waals surface area (Å²) in [6.45, 7) is 0. The smallest absolute Gasteiger partial charge is 0.234 e. The average molecular weight is 382 g/mol. The molecule has 3 aromatic rings. The summed E-state index contributed by atoms with van der Waals surface area (Å²) in [4.78, 5) is 0. The van der Waals surface area contributed by atoms with E-state index < -0.39 is 0 Å². The summed E-state index contributed by atoms with van der Waals surface area (Å²) in [6.07, 6.45) is 3.85. The number of hydrogen-bond donors (Lipinski definition) is 2. The lowest BCUT2D eigenvalue weighted by Crippen LogP contribution is -2.31. The quantitative estimate of drug-likeness (QED) is 0.712. The van der Waals surface area contributed by atoms with Gasteiger partial charge < -0.3 is 15.6 Å². The molecule has 0 atom stereocenters. The molecule has 1 aromatic heterocycles. The SMILES string of the molecule is NC1CCC(Oc2cc(-c3c#cc(Cl)cc3)n(-c3ccccc3O)n2)CC1. The average Bonchev–Trinajstić information content (AvgIpc) is 3.08. The van der Waals surface area contributed by atoms with Gasteiger partial charge in [0.2, 0.25) is 5.88 Å². The zero-order valence-corrected chi connectivity index (χ0v) is 15.5. The van der Waals surface area contributed by atoms with Gasteiger partial charge in [0, 0.05) is 12.1 Å². The molecular formula is C21H20ClN3O2. The summed E-state index contributed by atoms with van der Waals surface area (Å²) in [7, 11) is 0. The fourth-order valence-corrected chi connectivity index (χ4v) is 3.44. The summed E-state index contributed by atoms with van der Waals surface area (Å²) in [5, 5.41) is 15.4. The lowest BCUT2D eigenvalue weighted by Gasteiger charge is -2.25. The van der Waals surface area contributed by atoms with E-state index in [0.717, 1.165) is 36.9 Å². The van der Waals surface area contributed by atoms with Crippen LogP contribution in [0, 0.1) is 12.1 Å². The first-order valence-corrected chi connectivity index (χ1v) is 9.38. The molecule has 5 nitrogen and oxygen atoms in total. The van der Waals surface area contributed by atoms with Crippen LogP contribution in [0.3, 0.4) is 0 Å². The molecule has 0 unspecified atom stereocenters. The molecule has 1 aliphatic rings. The first-order chi connectivity index (χ1) is 13.1. The van der Waals surface area contributed by atoms with Crippen LogP contribution in [0.5, 0.6) is 11.6 Å². The summed E-state index contributed by atoms with van der Waals surface area (Å²) in [6, 6.07) is 18.7. The van der Waals surface area contributed by atoms with E-state index in [9.17, 15) is 5.11 Å². The maximum absolute atomic E-state index is 10.3. The summed E-state index contributed by atoms with van der Waals surface area (Å²) in [5.74, 6) is 0.645. The molecule has 1 aliphatic carbocycles. The standard InChI is InChI=1S/C21H20ClN3O2/c22-15-7-5-14(6-8-15)19-13-21(27-17-11-9-16(23)10-12-17)24-25(19)18-3-1-2-4-20(18)26/h1-5,7,13,16-17,26H,9-12,23H2. The van der Waals surface area contributed by atoms with Gasteiger partial charge in [-0.2, -0.15) is 0 Å². The molecule has 0 amide bonds. The normalized spacial score (nSPS) is 19.5. The fourth-order valence-electron chi connectivity index (χ4n) is 3.33. The highest BCUT2D eigenvalue weighted by atomic mass is 35.5. The second kappa shape index (κ2) is 7.51. The van der Waals surface area contributed by atoms with Crippen LogP contribution in [0.25, 0.3) is 16.9 Å². The Labute approximate surface area is 163 Å². The minimum Gasteiger partial charge on any atom is -0.506 e. The van der Waals surface area contributed by atoms with E-state index in [2.05, 4.69) is 17.2 Å². The molecule has 2 aromatic carbocycles. The minimum atomic E-state index is 0.103. The third-order valence-corrected chi connectivity index (χ3v) is 5.01. The van der Waals surface area contributed by atoms with Gasteiger partial charge in [0.05, 0.1) is 16.3 Å². The van der Waals surface area contributed by atoms with Gasteiger partial charge in [-0.3, -0.25) is 0 Å². The van der Waals surface area contributed by atoms with Crippen molar-refractivity contribution in [2.45, 2.75) is 37.8 Å². The molecule has 3 N–H and O–H groups in total. The van der Waals surface area contributed by atoms with Crippen LogP contribution >= 0.6 is 11.6 Å². The van der Waals surface area contributed by atoms with E-state index in [0.29, 0.717) is 16.6 Å². The highest BCUT2D eigenvalue weighted by Crippen LogP contribution is 2.31. The second-order valence-corrected chi connectivity index (χ2v) is 7.18. The predicted molar refractivity (Wildman–Crippen MR) is 104 cm³/mol. The molecule has 4 rings (SSSR count). The van der Waals surface area contributed by atoms with Gasteiger partial charge in [0.1, 0.15) is 17.5 Å². The number of hydrogen-bond acceptors (Lipinski definition) is 4. The van der Waals surface area contributed by atoms with Crippen molar-refractivity contribution in [1.82, 2.24) is 9.78 Å². The fraction of sp³-hybridized carbons (Fsp3) is 0.286. The number of rotatable bonds is 4. The van der Waals surface area contributed by atoms with Crippen molar-refractivity contribution in [3.8, 4) is 28.6 Å². The Morgan fingerprint density at radius 1 is 1.11 bits per heavy atom. The number of halogens is 1. The van der Waals surface area contributed by atoms with Crippen molar-refractivity contribution < 1.29 is 9.84 Å². The molecule has 138 valence electrons. The largest absolute Gasteiger partial charge is 0.506 e. The molecule has 1 heterocycles. The second-order valence-electron chi connectivity index (χ2n) is 6.77. The Bertz CT molecular complexity index is 915. The maximum atomic E-state index is 10.3. The highest BCUT2D eigenvalue weighted by Gasteiger charge is 2.22. The third-order valence-electron chi connectivity index (χ3n) is 4.79. The van der Waals surface area contributed by atoms with Crippen molar-refractivity contribution in [2.24, 2.45) is 5.73 Å². The van der Waals surface area contributed by atoms with Gasteiger partial charge in [0.25, 0.3) is 0 Å². The summed E-state index contributed by atoms with van der Waals surface area (Å²) in [5.41, 5.74) is 8.05. The molecule has 1 fully saturated rings. The van der Waals surface area contributed by atoms with Gasteiger partial charge in [-0.15, -0.1) is 5.10 Å². The lowest BCUT2D eigenvalue weighted by atomic mass is 9.94. The number of nitrogens with zero attached hydrogens (tertiary/aromatic N) is 2. The number of para-hydroxylation sites is 2. The van der Waals surface area contributed by atoms with E-state index >= 15 is 0 Å². The van der Waals surface area contributed by atoms with Crippen molar-refractivity contribution in [3.05, 3.63) is 59.6 Å². The number of aromatic nitrogens is 2. The monoisotopic (exact) mass is 381 g/mol. The van der Waals surface area contributed by atoms with Gasteiger partial charge in [-0.1, -0.05) is 29.8 Å². The summed E-state index contributed by atoms with van der Waals surface area (Å²) >= 11 is 5.94. The number of phenolic OH excluding ortho intramolecular Hbond substituents is 1. The van der Waals surface area contributed by atoms with E-state index in [1.165, 1.54) is 0 Å². The van der Waals surface area contributed by atoms with Crippen LogP contribution in [0.1, 0.15) is 25.7 Å². The number of aromatic hydroxyl groups is 1. The molecule has 0 saturated heterocycles. The van der Waals surface area contributed by atoms with Crippen LogP contribution < -0.4 is 10.5 Å². The highest BCUT2D eigenvalue weighted by molar-refractivity contribution is 6.30. The lowest BCUT2D eigenvalue weighted by molar-refractivity contribution is 0.140. The van der Waals surface area contributed by atoms with E-state index in [1.54, 1.807) is 28.9 Å². The number of phenols is 1. The number of benzene rings is 1. The van der Waals surface area contributed by atoms with Crippen LogP contribution in [0.4, 0.5) is 0 Å². The van der Waals surface area contributed by atoms with Crippen LogP contribution in [-0.4, -0.2) is 27.0 Å². The Balaban J connectivity index is 1.71. The molecule has 0 bridgehead atoms. The molecule has 1 saturated carbocycles. The van der Waals surface area contributed by atoms with Crippen molar-refractivity contribution >= 4 is 11.6 Å². The van der Waals surface area contributed by atoms with Gasteiger partial charge in [-0.05, 0) is 56.0 Å². The minimum absolute atomic E-state index is 0.103. The van der Waals surface area contributed by atoms with Crippen LogP contribution in [-0.2, 0) is 0 Å². The Morgan fingerprint density at radius 3 is 2.59 bits per heavy atom. The predicted octanol–water partition coefficient (Wildman–Crippen LogP) is 4.15. The molecular weight excluding hydrogens is 362 g/mol. The first kappa shape index (κ1) is 17.7.